The molecular weight excluding hydrogens is 210 g/mol. The van der Waals surface area contributed by atoms with Crippen molar-refractivity contribution in [1.82, 2.24) is 14.0 Å². The number of nitrogens with zero attached hydrogens (tertiary/aromatic N) is 3. The molecule has 0 aliphatic carbocycles. The van der Waals surface area contributed by atoms with Crippen LogP contribution in [0.2, 0.25) is 0 Å². The minimum absolute atomic E-state index is 0.0904. The highest BCUT2D eigenvalue weighted by molar-refractivity contribution is 5.80. The first-order valence-corrected chi connectivity index (χ1v) is 5.91. The van der Waals surface area contributed by atoms with Crippen molar-refractivity contribution >= 4 is 16.8 Å². The van der Waals surface area contributed by atoms with Gasteiger partial charge in [-0.1, -0.05) is 32.9 Å². The summed E-state index contributed by atoms with van der Waals surface area (Å²) in [6.07, 6.45) is 2.15. The molecule has 0 amide bonds. The molecule has 0 saturated carbocycles. The number of rotatable bonds is 0. The first-order chi connectivity index (χ1) is 7.98. The van der Waals surface area contributed by atoms with E-state index in [2.05, 4.69) is 67.2 Å². The van der Waals surface area contributed by atoms with Gasteiger partial charge in [0.1, 0.15) is 0 Å². The van der Waals surface area contributed by atoms with Crippen LogP contribution in [0.25, 0.3) is 16.8 Å². The molecule has 2 heterocycles. The average Bonchev–Trinajstić information content (AvgIpc) is 2.80. The summed E-state index contributed by atoms with van der Waals surface area (Å²) in [5.41, 5.74) is 3.66. The average molecular weight is 227 g/mol. The molecule has 0 aliphatic rings. The van der Waals surface area contributed by atoms with Crippen LogP contribution in [-0.2, 0) is 12.5 Å². The van der Waals surface area contributed by atoms with Crippen LogP contribution in [0, 0.1) is 0 Å². The molecule has 0 fully saturated rings. The largest absolute Gasteiger partial charge is 0.313 e. The van der Waals surface area contributed by atoms with Gasteiger partial charge in [0, 0.05) is 18.7 Å². The molecule has 2 aromatic heterocycles. The molecule has 3 nitrogen and oxygen atoms in total. The third kappa shape index (κ3) is 1.38. The first-order valence-electron chi connectivity index (χ1n) is 5.91. The number of aromatic nitrogens is 3. The Morgan fingerprint density at radius 3 is 2.35 bits per heavy atom. The molecular formula is C14H17N3. The Bertz CT molecular complexity index is 695. The van der Waals surface area contributed by atoms with E-state index in [-0.39, 0.29) is 5.41 Å². The Morgan fingerprint density at radius 1 is 1.06 bits per heavy atom. The lowest BCUT2D eigenvalue weighted by atomic mass is 9.93. The topological polar surface area (TPSA) is 22.2 Å². The molecule has 1 aromatic carbocycles. The van der Waals surface area contributed by atoms with Gasteiger partial charge in [0.15, 0.2) is 0 Å². The van der Waals surface area contributed by atoms with Crippen molar-refractivity contribution in [3.63, 3.8) is 0 Å². The van der Waals surface area contributed by atoms with Crippen LogP contribution in [0.15, 0.2) is 30.5 Å². The lowest BCUT2D eigenvalue weighted by Crippen LogP contribution is -2.11. The zero-order chi connectivity index (χ0) is 12.2. The Balaban J connectivity index is 2.42. The van der Waals surface area contributed by atoms with Crippen LogP contribution < -0.4 is 0 Å². The fraction of sp³-hybridized carbons (Fsp3) is 0.357. The highest BCUT2D eigenvalue weighted by Gasteiger charge is 2.20. The third-order valence-corrected chi connectivity index (χ3v) is 3.26. The second kappa shape index (κ2) is 3.13. The van der Waals surface area contributed by atoms with Gasteiger partial charge in [-0.2, -0.15) is 0 Å². The molecule has 3 rings (SSSR count). The van der Waals surface area contributed by atoms with E-state index in [0.717, 1.165) is 11.5 Å². The molecule has 0 spiro atoms. The monoisotopic (exact) mass is 227 g/mol. The van der Waals surface area contributed by atoms with E-state index in [1.165, 1.54) is 11.0 Å². The molecule has 0 unspecified atom stereocenters. The van der Waals surface area contributed by atoms with Crippen LogP contribution in [0.3, 0.4) is 0 Å². The highest BCUT2D eigenvalue weighted by Crippen LogP contribution is 2.25. The molecule has 0 atom stereocenters. The van der Waals surface area contributed by atoms with Crippen molar-refractivity contribution in [2.45, 2.75) is 26.2 Å². The van der Waals surface area contributed by atoms with Crippen molar-refractivity contribution in [1.29, 1.82) is 0 Å². The molecule has 0 aliphatic heterocycles. The van der Waals surface area contributed by atoms with Crippen LogP contribution >= 0.6 is 0 Å². The van der Waals surface area contributed by atoms with Gasteiger partial charge < -0.3 is 4.57 Å². The van der Waals surface area contributed by atoms with E-state index in [1.807, 2.05) is 0 Å². The van der Waals surface area contributed by atoms with Crippen molar-refractivity contribution in [3.05, 3.63) is 36.2 Å². The highest BCUT2D eigenvalue weighted by atomic mass is 15.2. The second-order valence-electron chi connectivity index (χ2n) is 5.59. The Labute approximate surface area is 101 Å². The summed E-state index contributed by atoms with van der Waals surface area (Å²) in [6.45, 7) is 6.57. The maximum absolute atomic E-state index is 4.75. The lowest BCUT2D eigenvalue weighted by Gasteiger charge is -2.14. The van der Waals surface area contributed by atoms with Crippen LogP contribution in [0.1, 0.15) is 26.5 Å². The molecule has 17 heavy (non-hydrogen) atoms. The van der Waals surface area contributed by atoms with Crippen LogP contribution in [0.5, 0.6) is 0 Å². The number of benzene rings is 1. The summed E-state index contributed by atoms with van der Waals surface area (Å²) in [6, 6.07) is 8.39. The zero-order valence-corrected chi connectivity index (χ0v) is 10.7. The molecule has 3 aromatic rings. The van der Waals surface area contributed by atoms with Gasteiger partial charge in [0.2, 0.25) is 5.78 Å². The number of hydrogen-bond acceptors (Lipinski definition) is 1. The molecule has 0 bridgehead atoms. The summed E-state index contributed by atoms with van der Waals surface area (Å²) in [5.74, 6) is 1.01. The maximum atomic E-state index is 4.75. The van der Waals surface area contributed by atoms with Gasteiger partial charge in [-0.05, 0) is 12.1 Å². The van der Waals surface area contributed by atoms with Crippen molar-refractivity contribution < 1.29 is 0 Å². The number of imidazole rings is 2. The second-order valence-corrected chi connectivity index (χ2v) is 5.59. The standard InChI is InChI=1S/C14H17N3/c1-14(2,3)12-9-17-11-8-6-5-7-10(11)16(4)13(17)15-12/h5-9H,1-4H3. The summed E-state index contributed by atoms with van der Waals surface area (Å²) in [5, 5.41) is 0. The summed E-state index contributed by atoms with van der Waals surface area (Å²) >= 11 is 0. The molecule has 0 saturated heterocycles. The van der Waals surface area contributed by atoms with E-state index in [0.29, 0.717) is 0 Å². The molecule has 88 valence electrons. The SMILES string of the molecule is Cn1c2ccccc2n2cc(C(C)(C)C)nc12. The number of aryl methyl sites for hydroxylation is 1. The van der Waals surface area contributed by atoms with E-state index >= 15 is 0 Å². The number of para-hydroxylation sites is 2. The zero-order valence-electron chi connectivity index (χ0n) is 10.7. The quantitative estimate of drug-likeness (QED) is 0.578. The summed E-state index contributed by atoms with van der Waals surface area (Å²) < 4.78 is 4.32. The first kappa shape index (κ1) is 10.4. The van der Waals surface area contributed by atoms with Crippen molar-refractivity contribution in [2.75, 3.05) is 0 Å². The van der Waals surface area contributed by atoms with Crippen molar-refractivity contribution in [2.24, 2.45) is 7.05 Å². The molecule has 0 radical (unpaired) electrons. The Morgan fingerprint density at radius 2 is 1.71 bits per heavy atom. The predicted molar refractivity (Wildman–Crippen MR) is 70.4 cm³/mol. The van der Waals surface area contributed by atoms with Gasteiger partial charge in [0.25, 0.3) is 0 Å². The van der Waals surface area contributed by atoms with Gasteiger partial charge in [-0.3, -0.25) is 4.40 Å². The normalized spacial score (nSPS) is 12.7. The third-order valence-electron chi connectivity index (χ3n) is 3.26. The smallest absolute Gasteiger partial charge is 0.214 e. The molecule has 3 heteroatoms. The van der Waals surface area contributed by atoms with E-state index < -0.39 is 0 Å². The Hall–Kier alpha value is -1.77. The predicted octanol–water partition coefficient (Wildman–Crippen LogP) is 3.12. The maximum Gasteiger partial charge on any atom is 0.214 e. The minimum atomic E-state index is 0.0904. The van der Waals surface area contributed by atoms with E-state index in [4.69, 9.17) is 4.98 Å². The number of fused-ring (bicyclic) bond motifs is 3. The van der Waals surface area contributed by atoms with Crippen molar-refractivity contribution in [3.8, 4) is 0 Å². The molecule has 0 N–H and O–H groups in total. The van der Waals surface area contributed by atoms with Gasteiger partial charge >= 0.3 is 0 Å². The minimum Gasteiger partial charge on any atom is -0.313 e. The fourth-order valence-electron chi connectivity index (χ4n) is 2.20. The van der Waals surface area contributed by atoms with E-state index in [9.17, 15) is 0 Å². The van der Waals surface area contributed by atoms with Gasteiger partial charge in [0.05, 0.1) is 16.7 Å². The van der Waals surface area contributed by atoms with E-state index in [1.54, 1.807) is 0 Å². The number of hydrogen-bond donors (Lipinski definition) is 0. The summed E-state index contributed by atoms with van der Waals surface area (Å²) in [7, 11) is 2.07. The Kier molecular flexibility index (Phi) is 1.91. The van der Waals surface area contributed by atoms with Gasteiger partial charge in [-0.15, -0.1) is 0 Å². The van der Waals surface area contributed by atoms with Crippen LogP contribution in [0.4, 0.5) is 0 Å². The lowest BCUT2D eigenvalue weighted by molar-refractivity contribution is 0.572. The van der Waals surface area contributed by atoms with Gasteiger partial charge in [-0.25, -0.2) is 4.98 Å². The van der Waals surface area contributed by atoms with Crippen LogP contribution in [-0.4, -0.2) is 14.0 Å². The fourth-order valence-corrected chi connectivity index (χ4v) is 2.20. The summed E-state index contributed by atoms with van der Waals surface area (Å²) in [4.78, 5) is 4.75.